The maximum atomic E-state index is 9.97. The molecule has 0 spiro atoms. The van der Waals surface area contributed by atoms with Gasteiger partial charge in [-0.15, -0.1) is 10.7 Å². The summed E-state index contributed by atoms with van der Waals surface area (Å²) in [5, 5.41) is 19.1. The van der Waals surface area contributed by atoms with Crippen LogP contribution < -0.4 is 20.1 Å². The van der Waals surface area contributed by atoms with Crippen molar-refractivity contribution in [1.82, 2.24) is 20.2 Å². The van der Waals surface area contributed by atoms with Crippen LogP contribution in [0.25, 0.3) is 22.2 Å². The van der Waals surface area contributed by atoms with E-state index in [2.05, 4.69) is 38.7 Å². The highest BCUT2D eigenvalue weighted by Crippen LogP contribution is 2.40. The van der Waals surface area contributed by atoms with Crippen molar-refractivity contribution in [2.24, 2.45) is 10.1 Å². The molecule has 5 rings (SSSR count). The summed E-state index contributed by atoms with van der Waals surface area (Å²) in [6.45, 7) is 3.56. The van der Waals surface area contributed by atoms with Crippen molar-refractivity contribution in [2.75, 3.05) is 44.2 Å². The third-order valence-corrected chi connectivity index (χ3v) is 8.09. The molecule has 0 aliphatic carbocycles. The highest BCUT2D eigenvalue weighted by Gasteiger charge is 2.43. The zero-order chi connectivity index (χ0) is 28.6. The van der Waals surface area contributed by atoms with Crippen LogP contribution in [0.3, 0.4) is 0 Å². The molecule has 1 aliphatic heterocycles. The quantitative estimate of drug-likeness (QED) is 0.291. The Morgan fingerprint density at radius 2 is 1.93 bits per heavy atom. The minimum absolute atomic E-state index is 0.0853. The molecule has 3 N–H and O–H groups in total. The lowest BCUT2D eigenvalue weighted by Gasteiger charge is -2.47. The van der Waals surface area contributed by atoms with E-state index in [1.54, 1.807) is 19.4 Å². The van der Waals surface area contributed by atoms with E-state index in [0.29, 0.717) is 69.4 Å². The predicted molar refractivity (Wildman–Crippen MR) is 160 cm³/mol. The molecule has 1 saturated heterocycles. The number of nitrogens with one attached hydrogen (secondary N) is 1. The number of nitriles is 1. The third kappa shape index (κ3) is 5.20. The summed E-state index contributed by atoms with van der Waals surface area (Å²) in [6, 6.07) is 7.73. The Morgan fingerprint density at radius 1 is 1.20 bits per heavy atom. The average molecular weight is 600 g/mol. The van der Waals surface area contributed by atoms with Crippen LogP contribution in [-0.2, 0) is 10.7 Å². The maximum Gasteiger partial charge on any atom is 0.162 e. The molecule has 13 heteroatoms. The molecule has 0 bridgehead atoms. The number of aromatic nitrogens is 4. The van der Waals surface area contributed by atoms with Gasteiger partial charge in [-0.1, -0.05) is 23.2 Å². The summed E-state index contributed by atoms with van der Waals surface area (Å²) in [5.41, 5.74) is 8.86. The third-order valence-electron chi connectivity index (χ3n) is 6.73. The van der Waals surface area contributed by atoms with Gasteiger partial charge in [-0.2, -0.15) is 10.4 Å². The first-order chi connectivity index (χ1) is 19.2. The summed E-state index contributed by atoms with van der Waals surface area (Å²) in [6.07, 6.45) is 8.42. The van der Waals surface area contributed by atoms with Gasteiger partial charge in [-0.05, 0) is 31.6 Å². The van der Waals surface area contributed by atoms with Crippen molar-refractivity contribution >= 4 is 50.6 Å². The normalized spacial score (nSPS) is 15.0. The number of nitrogens with two attached hydrogens (primary N) is 1. The van der Waals surface area contributed by atoms with Crippen LogP contribution >= 0.6 is 23.2 Å². The summed E-state index contributed by atoms with van der Waals surface area (Å²) in [7, 11) is 1.48. The maximum absolute atomic E-state index is 9.97. The van der Waals surface area contributed by atoms with Gasteiger partial charge in [0.1, 0.15) is 29.2 Å². The molecule has 1 aliphatic rings. The largest absolute Gasteiger partial charge is 0.493 e. The lowest BCUT2D eigenvalue weighted by Crippen LogP contribution is -2.65. The predicted octanol–water partition coefficient (Wildman–Crippen LogP) is 4.93. The molecule has 208 valence electrons. The molecule has 0 radical (unpaired) electrons. The molecule has 3 aromatic heterocycles. The van der Waals surface area contributed by atoms with Crippen LogP contribution in [0, 0.1) is 11.3 Å². The van der Waals surface area contributed by atoms with E-state index in [1.807, 2.05) is 24.0 Å². The van der Waals surface area contributed by atoms with Gasteiger partial charge in [0, 0.05) is 60.8 Å². The zero-order valence-electron chi connectivity index (χ0n) is 22.4. The molecule has 4 heterocycles. The summed E-state index contributed by atoms with van der Waals surface area (Å²) >= 11 is 12.7. The number of aromatic amines is 1. The smallest absolute Gasteiger partial charge is 0.162 e. The number of H-pyrrole nitrogens is 1. The van der Waals surface area contributed by atoms with Crippen LogP contribution in [0.15, 0.2) is 41.2 Å². The number of benzene rings is 1. The van der Waals surface area contributed by atoms with Gasteiger partial charge in [0.2, 0.25) is 0 Å². The fraction of sp³-hybridized carbons (Fsp3) is 0.333. The van der Waals surface area contributed by atoms with Gasteiger partial charge >= 0.3 is 0 Å². The second kappa shape index (κ2) is 11.2. The first kappa shape index (κ1) is 28.1. The Hall–Kier alpha value is -3.43. The van der Waals surface area contributed by atoms with Crippen LogP contribution in [0.2, 0.25) is 10.0 Å². The Labute approximate surface area is 244 Å². The fourth-order valence-electron chi connectivity index (χ4n) is 4.90. The topological polar surface area (TPSA) is 138 Å². The van der Waals surface area contributed by atoms with Gasteiger partial charge in [0.05, 0.1) is 28.2 Å². The van der Waals surface area contributed by atoms with E-state index in [-0.39, 0.29) is 16.2 Å². The number of hydrogen-bond acceptors (Lipinski definition) is 9. The monoisotopic (exact) mass is 598 g/mol. The Balaban J connectivity index is 1.48. The molecular formula is C27H28Cl2N8O2S. The zero-order valence-corrected chi connectivity index (χ0v) is 24.7. The first-order valence-corrected chi connectivity index (χ1v) is 15.1. The van der Waals surface area contributed by atoms with Crippen molar-refractivity contribution in [1.29, 1.82) is 5.26 Å². The lowest BCUT2D eigenvalue weighted by molar-refractivity contribution is 0.216. The van der Waals surface area contributed by atoms with E-state index in [4.69, 9.17) is 42.8 Å². The SMILES string of the molecule is COc1cc2[nH]nc(-c3cnc(N4CC(CN)(N=S(C)C)C4)c(C#N)c3)c2cc1O[C@H](C)c1c(Cl)cncc1Cl. The molecule has 1 fully saturated rings. The minimum atomic E-state index is -0.490. The highest BCUT2D eigenvalue weighted by atomic mass is 35.5. The number of fused-ring (bicyclic) bond motifs is 1. The molecule has 4 aromatic rings. The van der Waals surface area contributed by atoms with Crippen molar-refractivity contribution < 1.29 is 9.47 Å². The summed E-state index contributed by atoms with van der Waals surface area (Å²) in [4.78, 5) is 10.7. The summed E-state index contributed by atoms with van der Waals surface area (Å²) < 4.78 is 16.7. The van der Waals surface area contributed by atoms with Crippen molar-refractivity contribution in [2.45, 2.75) is 18.6 Å². The fourth-order valence-corrected chi connectivity index (χ4v) is 6.54. The van der Waals surface area contributed by atoms with Gasteiger partial charge in [0.25, 0.3) is 0 Å². The number of anilines is 1. The standard InChI is InChI=1S/C27H28Cl2N8O2S/c1-15(24-19(28)10-32-11-20(24)29)39-23-6-18-21(7-22(23)38-2)34-35-25(18)17-5-16(8-30)26(33-9-17)37-13-27(12-31,14-37)36-40(3)4/h5-7,9-11,15H,12-14,31H2,1-4H3,(H,34,35)/t15-/m1/s1. The molecule has 1 atom stereocenters. The van der Waals surface area contributed by atoms with Crippen LogP contribution in [0.5, 0.6) is 11.5 Å². The average Bonchev–Trinajstić information content (AvgIpc) is 3.32. The number of rotatable bonds is 8. The van der Waals surface area contributed by atoms with Gasteiger partial charge < -0.3 is 20.1 Å². The van der Waals surface area contributed by atoms with Crippen LogP contribution in [0.4, 0.5) is 5.82 Å². The van der Waals surface area contributed by atoms with E-state index < -0.39 is 6.10 Å². The Kier molecular flexibility index (Phi) is 7.88. The van der Waals surface area contributed by atoms with Crippen molar-refractivity contribution in [3.05, 3.63) is 58.0 Å². The second-order valence-electron chi connectivity index (χ2n) is 9.75. The molecule has 0 unspecified atom stereocenters. The minimum Gasteiger partial charge on any atom is -0.493 e. The number of ether oxygens (including phenoxy) is 2. The van der Waals surface area contributed by atoms with Crippen LogP contribution in [0.1, 0.15) is 24.2 Å². The molecular weight excluding hydrogens is 571 g/mol. The van der Waals surface area contributed by atoms with Gasteiger partial charge in [-0.3, -0.25) is 14.4 Å². The molecule has 0 saturated carbocycles. The molecule has 1 aromatic carbocycles. The number of nitrogens with zero attached hydrogens (tertiary/aromatic N) is 6. The number of halogens is 2. The van der Waals surface area contributed by atoms with Gasteiger partial charge in [0.15, 0.2) is 11.5 Å². The van der Waals surface area contributed by atoms with Crippen molar-refractivity contribution in [3.8, 4) is 28.8 Å². The number of hydrogen-bond donors (Lipinski definition) is 2. The van der Waals surface area contributed by atoms with E-state index >= 15 is 0 Å². The van der Waals surface area contributed by atoms with E-state index in [1.165, 1.54) is 12.4 Å². The van der Waals surface area contributed by atoms with Gasteiger partial charge in [-0.25, -0.2) is 4.98 Å². The summed E-state index contributed by atoms with van der Waals surface area (Å²) in [5.74, 6) is 1.60. The first-order valence-electron chi connectivity index (χ1n) is 12.4. The number of pyridine rings is 2. The molecule has 10 nitrogen and oxygen atoms in total. The van der Waals surface area contributed by atoms with E-state index in [0.717, 1.165) is 10.9 Å². The Bertz CT molecular complexity index is 1640. The highest BCUT2D eigenvalue weighted by molar-refractivity contribution is 7.85. The molecule has 40 heavy (non-hydrogen) atoms. The Morgan fingerprint density at radius 3 is 2.55 bits per heavy atom. The van der Waals surface area contributed by atoms with Crippen molar-refractivity contribution in [3.63, 3.8) is 0 Å². The molecule has 0 amide bonds. The second-order valence-corrected chi connectivity index (χ2v) is 12.3. The number of methoxy groups -OCH3 is 1. The van der Waals surface area contributed by atoms with E-state index in [9.17, 15) is 5.26 Å². The lowest BCUT2D eigenvalue weighted by atomic mass is 9.91. The van der Waals surface area contributed by atoms with Crippen LogP contribution in [-0.4, -0.2) is 65.0 Å².